The highest BCUT2D eigenvalue weighted by Gasteiger charge is 2.32. The number of aryl methyl sites for hydroxylation is 2. The SMILES string of the molecule is Cc1nc2sc3c(c2c2nc(C(=O)N4CCOCC4)nn12)CC[C@H](C(C)(C)C)C3. The van der Waals surface area contributed by atoms with Crippen LogP contribution in [0.1, 0.15) is 54.1 Å². The normalized spacial score (nSPS) is 20.4. The van der Waals surface area contributed by atoms with Gasteiger partial charge in [0.15, 0.2) is 5.65 Å². The Morgan fingerprint density at radius 3 is 2.69 bits per heavy atom. The van der Waals surface area contributed by atoms with Crippen molar-refractivity contribution in [3.63, 3.8) is 0 Å². The minimum atomic E-state index is -0.124. The predicted molar refractivity (Wildman–Crippen MR) is 113 cm³/mol. The minimum absolute atomic E-state index is 0.124. The standard InChI is InChI=1S/C21H27N5O2S/c1-12-22-19-16(14-6-5-13(21(2,3)4)11-15(14)29-19)18-23-17(24-26(12)18)20(27)25-7-9-28-10-8-25/h13H,5-11H2,1-4H3/t13-/m0/s1. The molecule has 0 N–H and O–H groups in total. The van der Waals surface area contributed by atoms with Crippen molar-refractivity contribution in [2.24, 2.45) is 11.3 Å². The first kappa shape index (κ1) is 18.9. The molecule has 29 heavy (non-hydrogen) atoms. The molecule has 1 aliphatic heterocycles. The van der Waals surface area contributed by atoms with Crippen LogP contribution in [0.5, 0.6) is 0 Å². The van der Waals surface area contributed by atoms with Crippen molar-refractivity contribution < 1.29 is 9.53 Å². The first-order chi connectivity index (χ1) is 13.8. The summed E-state index contributed by atoms with van der Waals surface area (Å²) in [6.45, 7) is 11.2. The van der Waals surface area contributed by atoms with Gasteiger partial charge in [-0.05, 0) is 43.1 Å². The van der Waals surface area contributed by atoms with E-state index in [-0.39, 0.29) is 11.7 Å². The molecule has 1 aliphatic carbocycles. The number of carbonyl (C=O) groups is 1. The van der Waals surface area contributed by atoms with Gasteiger partial charge in [0.25, 0.3) is 5.91 Å². The van der Waals surface area contributed by atoms with Crippen LogP contribution in [0.15, 0.2) is 0 Å². The number of thiophene rings is 1. The minimum Gasteiger partial charge on any atom is -0.378 e. The first-order valence-electron chi connectivity index (χ1n) is 10.4. The van der Waals surface area contributed by atoms with E-state index in [2.05, 4.69) is 25.9 Å². The lowest BCUT2D eigenvalue weighted by Gasteiger charge is -2.33. The number of hydrogen-bond donors (Lipinski definition) is 0. The summed E-state index contributed by atoms with van der Waals surface area (Å²) < 4.78 is 7.11. The van der Waals surface area contributed by atoms with E-state index in [1.807, 2.05) is 6.92 Å². The van der Waals surface area contributed by atoms with Gasteiger partial charge in [0.1, 0.15) is 10.7 Å². The van der Waals surface area contributed by atoms with Crippen LogP contribution in [0.2, 0.25) is 0 Å². The summed E-state index contributed by atoms with van der Waals surface area (Å²) in [6, 6.07) is 0. The van der Waals surface area contributed by atoms with E-state index in [1.165, 1.54) is 16.9 Å². The zero-order chi connectivity index (χ0) is 20.3. The maximum absolute atomic E-state index is 12.9. The van der Waals surface area contributed by atoms with E-state index < -0.39 is 0 Å². The van der Waals surface area contributed by atoms with Gasteiger partial charge < -0.3 is 9.64 Å². The van der Waals surface area contributed by atoms with Crippen LogP contribution in [-0.2, 0) is 17.6 Å². The molecule has 1 amide bonds. The number of aromatic nitrogens is 4. The molecule has 0 bridgehead atoms. The average molecular weight is 414 g/mol. The molecule has 0 radical (unpaired) electrons. The number of nitrogens with zero attached hydrogens (tertiary/aromatic N) is 5. The van der Waals surface area contributed by atoms with Crippen LogP contribution in [0.3, 0.4) is 0 Å². The lowest BCUT2D eigenvalue weighted by Crippen LogP contribution is -2.41. The Labute approximate surface area is 174 Å². The number of rotatable bonds is 1. The number of carbonyl (C=O) groups excluding carboxylic acids is 1. The molecule has 0 unspecified atom stereocenters. The smallest absolute Gasteiger partial charge is 0.293 e. The van der Waals surface area contributed by atoms with Crippen LogP contribution < -0.4 is 0 Å². The quantitative estimate of drug-likeness (QED) is 0.612. The maximum Gasteiger partial charge on any atom is 0.293 e. The van der Waals surface area contributed by atoms with Gasteiger partial charge in [-0.25, -0.2) is 9.97 Å². The second-order valence-electron chi connectivity index (χ2n) is 9.22. The van der Waals surface area contributed by atoms with E-state index in [4.69, 9.17) is 14.7 Å². The monoisotopic (exact) mass is 413 g/mol. The first-order valence-corrected chi connectivity index (χ1v) is 11.2. The Kier molecular flexibility index (Phi) is 4.40. The van der Waals surface area contributed by atoms with Gasteiger partial charge in [0.2, 0.25) is 5.82 Å². The van der Waals surface area contributed by atoms with Gasteiger partial charge in [-0.15, -0.1) is 16.4 Å². The number of amides is 1. The summed E-state index contributed by atoms with van der Waals surface area (Å²) in [4.78, 5) is 26.7. The van der Waals surface area contributed by atoms with Gasteiger partial charge in [0, 0.05) is 18.0 Å². The molecule has 154 valence electrons. The molecule has 0 saturated carbocycles. The third-order valence-electron chi connectivity index (χ3n) is 6.36. The number of ether oxygens (including phenoxy) is 1. The summed E-state index contributed by atoms with van der Waals surface area (Å²) in [7, 11) is 0. The van der Waals surface area contributed by atoms with E-state index in [0.29, 0.717) is 37.6 Å². The fourth-order valence-electron chi connectivity index (χ4n) is 4.51. The summed E-state index contributed by atoms with van der Waals surface area (Å²) >= 11 is 1.79. The predicted octanol–water partition coefficient (Wildman–Crippen LogP) is 3.27. The molecule has 5 rings (SSSR count). The molecule has 0 spiro atoms. The largest absolute Gasteiger partial charge is 0.378 e. The molecule has 1 fully saturated rings. The van der Waals surface area contributed by atoms with Gasteiger partial charge in [-0.2, -0.15) is 4.52 Å². The third kappa shape index (κ3) is 3.13. The molecule has 1 atom stereocenters. The van der Waals surface area contributed by atoms with Crippen LogP contribution >= 0.6 is 11.3 Å². The Morgan fingerprint density at radius 1 is 1.21 bits per heavy atom. The van der Waals surface area contributed by atoms with Crippen molar-refractivity contribution in [2.75, 3.05) is 26.3 Å². The molecular weight excluding hydrogens is 386 g/mol. The molecule has 4 heterocycles. The van der Waals surface area contributed by atoms with Crippen molar-refractivity contribution in [2.45, 2.75) is 47.0 Å². The van der Waals surface area contributed by atoms with Crippen molar-refractivity contribution >= 4 is 33.1 Å². The Hall–Kier alpha value is -2.06. The number of fused-ring (bicyclic) bond motifs is 5. The van der Waals surface area contributed by atoms with E-state index in [1.54, 1.807) is 20.8 Å². The lowest BCUT2D eigenvalue weighted by molar-refractivity contribution is 0.0295. The topological polar surface area (TPSA) is 72.6 Å². The van der Waals surface area contributed by atoms with E-state index >= 15 is 0 Å². The van der Waals surface area contributed by atoms with Crippen molar-refractivity contribution in [1.29, 1.82) is 0 Å². The van der Waals surface area contributed by atoms with Crippen LogP contribution in [0.25, 0.3) is 15.9 Å². The van der Waals surface area contributed by atoms with Crippen LogP contribution in [0.4, 0.5) is 0 Å². The lowest BCUT2D eigenvalue weighted by atomic mass is 9.72. The maximum atomic E-state index is 12.9. The molecule has 7 nitrogen and oxygen atoms in total. The second-order valence-corrected chi connectivity index (χ2v) is 10.3. The Bertz CT molecular complexity index is 1100. The fraction of sp³-hybridized carbons (Fsp3) is 0.619. The van der Waals surface area contributed by atoms with Crippen LogP contribution in [-0.4, -0.2) is 56.7 Å². The molecule has 8 heteroatoms. The summed E-state index contributed by atoms with van der Waals surface area (Å²) in [6.07, 6.45) is 3.31. The zero-order valence-corrected chi connectivity index (χ0v) is 18.3. The molecule has 3 aromatic heterocycles. The second kappa shape index (κ2) is 6.74. The Balaban J connectivity index is 1.60. The summed E-state index contributed by atoms with van der Waals surface area (Å²) in [5.74, 6) is 1.58. The van der Waals surface area contributed by atoms with Gasteiger partial charge in [-0.3, -0.25) is 4.79 Å². The van der Waals surface area contributed by atoms with Crippen molar-refractivity contribution in [3.8, 4) is 0 Å². The summed E-state index contributed by atoms with van der Waals surface area (Å²) in [5, 5.41) is 5.63. The molecule has 3 aromatic rings. The zero-order valence-electron chi connectivity index (χ0n) is 17.5. The van der Waals surface area contributed by atoms with Crippen LogP contribution in [0, 0.1) is 18.3 Å². The average Bonchev–Trinajstić information content (AvgIpc) is 3.28. The van der Waals surface area contributed by atoms with Gasteiger partial charge >= 0.3 is 0 Å². The molecular formula is C21H27N5O2S. The van der Waals surface area contributed by atoms with Crippen molar-refractivity contribution in [3.05, 3.63) is 22.1 Å². The summed E-state index contributed by atoms with van der Waals surface area (Å²) in [5.41, 5.74) is 2.44. The van der Waals surface area contributed by atoms with Gasteiger partial charge in [0.05, 0.1) is 18.6 Å². The fourth-order valence-corrected chi connectivity index (χ4v) is 5.85. The number of morpholine rings is 1. The van der Waals surface area contributed by atoms with Gasteiger partial charge in [-0.1, -0.05) is 20.8 Å². The molecule has 0 aromatic carbocycles. The highest BCUT2D eigenvalue weighted by molar-refractivity contribution is 7.19. The number of hydrogen-bond acceptors (Lipinski definition) is 6. The molecule has 2 aliphatic rings. The highest BCUT2D eigenvalue weighted by atomic mass is 32.1. The third-order valence-corrected chi connectivity index (χ3v) is 7.51. The Morgan fingerprint density at radius 2 is 1.97 bits per heavy atom. The van der Waals surface area contributed by atoms with E-state index in [0.717, 1.165) is 34.5 Å². The molecule has 1 saturated heterocycles. The highest BCUT2D eigenvalue weighted by Crippen LogP contribution is 2.43. The van der Waals surface area contributed by atoms with E-state index in [9.17, 15) is 4.79 Å². The van der Waals surface area contributed by atoms with Crippen molar-refractivity contribution in [1.82, 2.24) is 24.5 Å².